The molecule has 1 amide bonds. The monoisotopic (exact) mass is 461 g/mol. The van der Waals surface area contributed by atoms with Crippen LogP contribution in [-0.2, 0) is 11.2 Å². The summed E-state index contributed by atoms with van der Waals surface area (Å²) in [5.74, 6) is 0.921. The lowest BCUT2D eigenvalue weighted by Crippen LogP contribution is -2.18. The topological polar surface area (TPSA) is 74.2 Å². The third-order valence-corrected chi connectivity index (χ3v) is 4.97. The van der Waals surface area contributed by atoms with Crippen molar-refractivity contribution in [3.63, 3.8) is 0 Å². The van der Waals surface area contributed by atoms with Crippen LogP contribution < -0.4 is 15.4 Å². The highest BCUT2D eigenvalue weighted by molar-refractivity contribution is 9.10. The number of carbonyl (C=O) groups is 1. The summed E-state index contributed by atoms with van der Waals surface area (Å²) in [5.41, 5.74) is 1.74. The first-order chi connectivity index (χ1) is 14.7. The van der Waals surface area contributed by atoms with Crippen molar-refractivity contribution in [2.24, 2.45) is 0 Å². The van der Waals surface area contributed by atoms with Gasteiger partial charge in [0.2, 0.25) is 0 Å². The van der Waals surface area contributed by atoms with Gasteiger partial charge in [0.05, 0.1) is 0 Å². The smallest absolute Gasteiger partial charge is 0.267 e. The number of nitriles is 1. The van der Waals surface area contributed by atoms with E-state index in [-0.39, 0.29) is 5.57 Å². The maximum Gasteiger partial charge on any atom is 0.267 e. The lowest BCUT2D eigenvalue weighted by Gasteiger charge is -2.08. The predicted molar refractivity (Wildman–Crippen MR) is 121 cm³/mol. The molecule has 5 nitrogen and oxygen atoms in total. The predicted octanol–water partition coefficient (Wildman–Crippen LogP) is 5.42. The number of anilines is 1. The summed E-state index contributed by atoms with van der Waals surface area (Å²) in [4.78, 5) is 12.4. The molecule has 0 unspecified atom stereocenters. The Morgan fingerprint density at radius 2 is 1.63 bits per heavy atom. The van der Waals surface area contributed by atoms with Crippen LogP contribution in [-0.4, -0.2) is 12.5 Å². The zero-order chi connectivity index (χ0) is 21.2. The summed E-state index contributed by atoms with van der Waals surface area (Å²) in [6.45, 7) is 0.604. The van der Waals surface area contributed by atoms with Gasteiger partial charge in [0, 0.05) is 22.9 Å². The molecule has 0 spiro atoms. The molecule has 150 valence electrons. The molecule has 6 heteroatoms. The van der Waals surface area contributed by atoms with Gasteiger partial charge in [-0.05, 0) is 54.4 Å². The molecule has 3 aromatic rings. The Balaban J connectivity index is 1.52. The third kappa shape index (κ3) is 6.23. The van der Waals surface area contributed by atoms with Crippen molar-refractivity contribution in [2.45, 2.75) is 6.42 Å². The molecule has 0 atom stereocenters. The number of ether oxygens (including phenoxy) is 1. The van der Waals surface area contributed by atoms with E-state index in [0.717, 1.165) is 22.2 Å². The summed E-state index contributed by atoms with van der Waals surface area (Å²) in [6.07, 6.45) is 2.21. The van der Waals surface area contributed by atoms with Crippen LogP contribution in [0.25, 0.3) is 0 Å². The van der Waals surface area contributed by atoms with E-state index in [1.165, 1.54) is 6.20 Å². The number of carbonyl (C=O) groups excluding carboxylic acids is 1. The second-order valence-electron chi connectivity index (χ2n) is 6.36. The zero-order valence-corrected chi connectivity index (χ0v) is 17.7. The molecule has 0 aliphatic heterocycles. The Labute approximate surface area is 184 Å². The normalized spacial score (nSPS) is 10.7. The van der Waals surface area contributed by atoms with Crippen LogP contribution in [0, 0.1) is 11.3 Å². The maximum absolute atomic E-state index is 12.4. The van der Waals surface area contributed by atoms with E-state index in [2.05, 4.69) is 26.6 Å². The fourth-order valence-electron chi connectivity index (χ4n) is 2.66. The molecule has 0 aliphatic rings. The van der Waals surface area contributed by atoms with E-state index < -0.39 is 5.91 Å². The third-order valence-electron chi connectivity index (χ3n) is 4.20. The van der Waals surface area contributed by atoms with E-state index in [0.29, 0.717) is 18.0 Å². The minimum atomic E-state index is -0.470. The second kappa shape index (κ2) is 10.8. The van der Waals surface area contributed by atoms with E-state index in [1.54, 1.807) is 24.3 Å². The van der Waals surface area contributed by atoms with E-state index in [1.807, 2.05) is 60.7 Å². The summed E-state index contributed by atoms with van der Waals surface area (Å²) < 4.78 is 6.76. The van der Waals surface area contributed by atoms with Crippen molar-refractivity contribution in [1.82, 2.24) is 5.32 Å². The highest BCUT2D eigenvalue weighted by Gasteiger charge is 2.09. The van der Waals surface area contributed by atoms with Gasteiger partial charge in [0.25, 0.3) is 5.91 Å². The number of halogens is 1. The van der Waals surface area contributed by atoms with Gasteiger partial charge in [-0.2, -0.15) is 5.26 Å². The van der Waals surface area contributed by atoms with Crippen LogP contribution in [0.15, 0.2) is 95.1 Å². The molecule has 0 saturated carbocycles. The Bertz CT molecular complexity index is 1060. The van der Waals surface area contributed by atoms with Gasteiger partial charge in [0.1, 0.15) is 23.1 Å². The van der Waals surface area contributed by atoms with Crippen molar-refractivity contribution in [2.75, 3.05) is 11.9 Å². The van der Waals surface area contributed by atoms with E-state index in [4.69, 9.17) is 4.74 Å². The molecule has 0 heterocycles. The van der Waals surface area contributed by atoms with Gasteiger partial charge < -0.3 is 15.4 Å². The van der Waals surface area contributed by atoms with Crippen LogP contribution >= 0.6 is 15.9 Å². The molecule has 2 N–H and O–H groups in total. The van der Waals surface area contributed by atoms with Crippen LogP contribution in [0.5, 0.6) is 11.5 Å². The van der Waals surface area contributed by atoms with Gasteiger partial charge in [-0.15, -0.1) is 0 Å². The average molecular weight is 462 g/mol. The number of para-hydroxylation sites is 1. The van der Waals surface area contributed by atoms with E-state index in [9.17, 15) is 10.1 Å². The molecule has 0 aliphatic carbocycles. The molecule has 0 aromatic heterocycles. The Morgan fingerprint density at radius 3 is 2.33 bits per heavy atom. The van der Waals surface area contributed by atoms with Gasteiger partial charge in [-0.3, -0.25) is 4.79 Å². The molecule has 30 heavy (non-hydrogen) atoms. The molecular formula is C24H20BrN3O2. The van der Waals surface area contributed by atoms with Gasteiger partial charge in [-0.1, -0.05) is 52.3 Å². The standard InChI is InChI=1S/C24H20BrN3O2/c25-23-9-5-4-6-18(23)14-15-27-17-19(16-26)24(29)28-20-10-12-22(13-11-20)30-21-7-2-1-3-8-21/h1-13,17,27H,14-15H2,(H,28,29)/b19-17-. The van der Waals surface area contributed by atoms with Gasteiger partial charge >= 0.3 is 0 Å². The number of rotatable bonds is 8. The fourth-order valence-corrected chi connectivity index (χ4v) is 3.14. The van der Waals surface area contributed by atoms with Crippen molar-refractivity contribution in [3.05, 3.63) is 101 Å². The highest BCUT2D eigenvalue weighted by atomic mass is 79.9. The lowest BCUT2D eigenvalue weighted by atomic mass is 10.1. The SMILES string of the molecule is N#C/C(=C/NCCc1ccccc1Br)C(=O)Nc1ccc(Oc2ccccc2)cc1. The summed E-state index contributed by atoms with van der Waals surface area (Å²) >= 11 is 3.51. The lowest BCUT2D eigenvalue weighted by molar-refractivity contribution is -0.112. The average Bonchev–Trinajstić information content (AvgIpc) is 2.77. The molecule has 0 saturated heterocycles. The quantitative estimate of drug-likeness (QED) is 0.266. The second-order valence-corrected chi connectivity index (χ2v) is 7.21. The van der Waals surface area contributed by atoms with Crippen molar-refractivity contribution in [3.8, 4) is 17.6 Å². The first kappa shape index (κ1) is 21.2. The maximum atomic E-state index is 12.4. The van der Waals surface area contributed by atoms with Crippen LogP contribution in [0.2, 0.25) is 0 Å². The highest BCUT2D eigenvalue weighted by Crippen LogP contribution is 2.22. The molecule has 3 aromatic carbocycles. The number of nitrogens with zero attached hydrogens (tertiary/aromatic N) is 1. The van der Waals surface area contributed by atoms with Gasteiger partial charge in [-0.25, -0.2) is 0 Å². The minimum absolute atomic E-state index is 0.00624. The molecule has 0 bridgehead atoms. The first-order valence-electron chi connectivity index (χ1n) is 9.37. The summed E-state index contributed by atoms with van der Waals surface area (Å²) in [5, 5.41) is 15.0. The molecule has 3 rings (SSSR count). The number of benzene rings is 3. The number of hydrogen-bond donors (Lipinski definition) is 2. The molecular weight excluding hydrogens is 442 g/mol. The molecule has 0 radical (unpaired) electrons. The Hall–Kier alpha value is -3.56. The zero-order valence-electron chi connectivity index (χ0n) is 16.1. The van der Waals surface area contributed by atoms with Crippen LogP contribution in [0.3, 0.4) is 0 Å². The van der Waals surface area contributed by atoms with Crippen molar-refractivity contribution >= 4 is 27.5 Å². The van der Waals surface area contributed by atoms with Crippen LogP contribution in [0.1, 0.15) is 5.56 Å². The van der Waals surface area contributed by atoms with Crippen LogP contribution in [0.4, 0.5) is 5.69 Å². The van der Waals surface area contributed by atoms with E-state index >= 15 is 0 Å². The summed E-state index contributed by atoms with van der Waals surface area (Å²) in [7, 11) is 0. The summed E-state index contributed by atoms with van der Waals surface area (Å²) in [6, 6.07) is 26.3. The van der Waals surface area contributed by atoms with Crippen molar-refractivity contribution < 1.29 is 9.53 Å². The Kier molecular flexibility index (Phi) is 7.64. The largest absolute Gasteiger partial charge is 0.457 e. The Morgan fingerprint density at radius 1 is 0.967 bits per heavy atom. The fraction of sp³-hybridized carbons (Fsp3) is 0.0833. The number of amides is 1. The molecule has 0 fully saturated rings. The first-order valence-corrected chi connectivity index (χ1v) is 10.2. The number of hydrogen-bond acceptors (Lipinski definition) is 4. The van der Waals surface area contributed by atoms with Crippen molar-refractivity contribution in [1.29, 1.82) is 5.26 Å². The minimum Gasteiger partial charge on any atom is -0.457 e. The number of nitrogens with one attached hydrogen (secondary N) is 2. The van der Waals surface area contributed by atoms with Gasteiger partial charge in [0.15, 0.2) is 0 Å².